The smallest absolute Gasteiger partial charge is 0.326 e. The predicted octanol–water partition coefficient (Wildman–Crippen LogP) is 2.42. The van der Waals surface area contributed by atoms with Crippen molar-refractivity contribution in [2.75, 3.05) is 7.11 Å². The molecule has 0 aliphatic rings. The molecule has 25 heavy (non-hydrogen) atoms. The van der Waals surface area contributed by atoms with Crippen molar-refractivity contribution in [3.8, 4) is 11.4 Å². The number of para-hydroxylation sites is 2. The van der Waals surface area contributed by atoms with E-state index in [1.165, 1.54) is 6.20 Å². The van der Waals surface area contributed by atoms with Gasteiger partial charge in [-0.25, -0.2) is 9.48 Å². The molecule has 7 nitrogen and oxygen atoms in total. The summed E-state index contributed by atoms with van der Waals surface area (Å²) in [6.07, 6.45) is 1.80. The number of hydrogen-bond donors (Lipinski definition) is 2. The van der Waals surface area contributed by atoms with E-state index >= 15 is 0 Å². The maximum absolute atomic E-state index is 12.5. The van der Waals surface area contributed by atoms with Gasteiger partial charge in [-0.1, -0.05) is 26.0 Å². The number of carbonyl (C=O) groups excluding carboxylic acids is 1. The quantitative estimate of drug-likeness (QED) is 0.804. The van der Waals surface area contributed by atoms with Crippen molar-refractivity contribution in [2.45, 2.75) is 33.2 Å². The summed E-state index contributed by atoms with van der Waals surface area (Å²) in [7, 11) is 1.56. The molecule has 0 saturated heterocycles. The van der Waals surface area contributed by atoms with Crippen LogP contribution in [-0.2, 0) is 4.79 Å². The average Bonchev–Trinajstić information content (AvgIpc) is 2.95. The first-order valence-electron chi connectivity index (χ1n) is 8.06. The summed E-state index contributed by atoms with van der Waals surface area (Å²) in [5.41, 5.74) is 1.65. The highest BCUT2D eigenvalue weighted by Crippen LogP contribution is 2.24. The molecule has 134 valence electrons. The largest absolute Gasteiger partial charge is 0.494 e. The Bertz CT molecular complexity index is 767. The van der Waals surface area contributed by atoms with Crippen molar-refractivity contribution in [3.63, 3.8) is 0 Å². The summed E-state index contributed by atoms with van der Waals surface area (Å²) in [6.45, 7) is 5.58. The van der Waals surface area contributed by atoms with E-state index in [-0.39, 0.29) is 5.92 Å². The van der Waals surface area contributed by atoms with Crippen molar-refractivity contribution in [1.29, 1.82) is 0 Å². The summed E-state index contributed by atoms with van der Waals surface area (Å²) >= 11 is 0. The number of amides is 1. The molecule has 2 N–H and O–H groups in total. The second-order valence-electron chi connectivity index (χ2n) is 6.22. The van der Waals surface area contributed by atoms with Crippen molar-refractivity contribution in [2.24, 2.45) is 5.92 Å². The van der Waals surface area contributed by atoms with Gasteiger partial charge in [0.2, 0.25) is 0 Å². The summed E-state index contributed by atoms with van der Waals surface area (Å²) in [6, 6.07) is 6.40. The minimum Gasteiger partial charge on any atom is -0.494 e. The Kier molecular flexibility index (Phi) is 5.80. The van der Waals surface area contributed by atoms with Gasteiger partial charge in [-0.15, -0.1) is 0 Å². The second kappa shape index (κ2) is 7.83. The fourth-order valence-corrected chi connectivity index (χ4v) is 2.61. The molecular weight excluding hydrogens is 322 g/mol. The first kappa shape index (κ1) is 18.5. The number of nitrogens with zero attached hydrogens (tertiary/aromatic N) is 2. The Morgan fingerprint density at radius 2 is 2.00 bits per heavy atom. The Morgan fingerprint density at radius 1 is 1.32 bits per heavy atom. The van der Waals surface area contributed by atoms with E-state index in [9.17, 15) is 14.7 Å². The van der Waals surface area contributed by atoms with Gasteiger partial charge in [0.1, 0.15) is 17.5 Å². The molecule has 1 amide bonds. The zero-order chi connectivity index (χ0) is 18.6. The van der Waals surface area contributed by atoms with Gasteiger partial charge in [0.05, 0.1) is 24.6 Å². The second-order valence-corrected chi connectivity index (χ2v) is 6.22. The number of rotatable bonds is 7. The number of methoxy groups -OCH3 is 1. The topological polar surface area (TPSA) is 93.5 Å². The monoisotopic (exact) mass is 345 g/mol. The molecule has 1 atom stereocenters. The molecule has 0 saturated carbocycles. The standard InChI is InChI=1S/C18H23N3O4/c1-11(2)9-14(18(23)24)20-17(22)13-10-19-21(12(13)3)15-7-5-6-8-16(15)25-4/h5-8,10-11,14H,9H2,1-4H3,(H,20,22)(H,23,24)/t14-/m1/s1. The lowest BCUT2D eigenvalue weighted by molar-refractivity contribution is -0.139. The number of benzene rings is 1. The fraction of sp³-hybridized carbons (Fsp3) is 0.389. The van der Waals surface area contributed by atoms with E-state index in [0.717, 1.165) is 0 Å². The number of aliphatic carboxylic acids is 1. The van der Waals surface area contributed by atoms with Crippen LogP contribution in [0.15, 0.2) is 30.5 Å². The molecule has 7 heteroatoms. The van der Waals surface area contributed by atoms with Gasteiger partial charge in [-0.05, 0) is 31.4 Å². The van der Waals surface area contributed by atoms with Crippen molar-refractivity contribution in [1.82, 2.24) is 15.1 Å². The normalized spacial score (nSPS) is 12.0. The molecule has 0 spiro atoms. The molecule has 0 unspecified atom stereocenters. The van der Waals surface area contributed by atoms with Crippen LogP contribution in [-0.4, -0.2) is 39.9 Å². The average molecular weight is 345 g/mol. The number of ether oxygens (including phenoxy) is 1. The first-order valence-corrected chi connectivity index (χ1v) is 8.06. The zero-order valence-electron chi connectivity index (χ0n) is 14.8. The predicted molar refractivity (Wildman–Crippen MR) is 93.2 cm³/mol. The summed E-state index contributed by atoms with van der Waals surface area (Å²) < 4.78 is 6.93. The molecule has 2 rings (SSSR count). The number of hydrogen-bond acceptors (Lipinski definition) is 4. The van der Waals surface area contributed by atoms with Crippen LogP contribution < -0.4 is 10.1 Å². The van der Waals surface area contributed by atoms with E-state index in [1.54, 1.807) is 24.8 Å². The van der Waals surface area contributed by atoms with E-state index in [1.807, 2.05) is 32.0 Å². The van der Waals surface area contributed by atoms with Gasteiger partial charge in [-0.3, -0.25) is 4.79 Å². The van der Waals surface area contributed by atoms with Gasteiger partial charge in [0, 0.05) is 0 Å². The molecule has 0 aliphatic carbocycles. The van der Waals surface area contributed by atoms with Crippen LogP contribution in [0.3, 0.4) is 0 Å². The summed E-state index contributed by atoms with van der Waals surface area (Å²) in [4.78, 5) is 23.8. The molecule has 2 aromatic rings. The molecule has 0 aliphatic heterocycles. The van der Waals surface area contributed by atoms with E-state index in [4.69, 9.17) is 4.74 Å². The Hall–Kier alpha value is -2.83. The summed E-state index contributed by atoms with van der Waals surface area (Å²) in [5, 5.41) is 16.1. The third kappa shape index (κ3) is 4.17. The van der Waals surface area contributed by atoms with Crippen LogP contribution >= 0.6 is 0 Å². The third-order valence-electron chi connectivity index (χ3n) is 3.88. The molecule has 1 aromatic carbocycles. The lowest BCUT2D eigenvalue weighted by Gasteiger charge is -2.16. The highest BCUT2D eigenvalue weighted by molar-refractivity contribution is 5.97. The molecular formula is C18H23N3O4. The highest BCUT2D eigenvalue weighted by Gasteiger charge is 2.24. The van der Waals surface area contributed by atoms with Crippen LogP contribution in [0.5, 0.6) is 5.75 Å². The van der Waals surface area contributed by atoms with E-state index in [0.29, 0.717) is 29.1 Å². The van der Waals surface area contributed by atoms with Gasteiger partial charge >= 0.3 is 5.97 Å². The third-order valence-corrected chi connectivity index (χ3v) is 3.88. The molecule has 0 radical (unpaired) electrons. The number of aromatic nitrogens is 2. The van der Waals surface area contributed by atoms with Crippen LogP contribution in [0, 0.1) is 12.8 Å². The SMILES string of the molecule is COc1ccccc1-n1ncc(C(=O)N[C@H](CC(C)C)C(=O)O)c1C. The Labute approximate surface area is 146 Å². The fourth-order valence-electron chi connectivity index (χ4n) is 2.61. The van der Waals surface area contributed by atoms with Crippen molar-refractivity contribution < 1.29 is 19.4 Å². The van der Waals surface area contributed by atoms with Crippen LogP contribution in [0.1, 0.15) is 36.3 Å². The minimum atomic E-state index is -1.04. The lowest BCUT2D eigenvalue weighted by Crippen LogP contribution is -2.41. The van der Waals surface area contributed by atoms with Gasteiger partial charge < -0.3 is 15.2 Å². The maximum Gasteiger partial charge on any atom is 0.326 e. The molecule has 0 fully saturated rings. The van der Waals surface area contributed by atoms with E-state index < -0.39 is 17.9 Å². The minimum absolute atomic E-state index is 0.152. The van der Waals surface area contributed by atoms with Crippen LogP contribution in [0.2, 0.25) is 0 Å². The number of carboxylic acid groups (broad SMARTS) is 1. The van der Waals surface area contributed by atoms with Gasteiger partial charge in [-0.2, -0.15) is 5.10 Å². The Morgan fingerprint density at radius 3 is 2.60 bits per heavy atom. The molecule has 0 bridgehead atoms. The molecule has 1 heterocycles. The van der Waals surface area contributed by atoms with E-state index in [2.05, 4.69) is 10.4 Å². The number of carboxylic acids is 1. The van der Waals surface area contributed by atoms with Gasteiger partial charge in [0.15, 0.2) is 0 Å². The lowest BCUT2D eigenvalue weighted by atomic mass is 10.0. The first-order chi connectivity index (χ1) is 11.8. The zero-order valence-corrected chi connectivity index (χ0v) is 14.8. The number of carbonyl (C=O) groups is 2. The maximum atomic E-state index is 12.5. The van der Waals surface area contributed by atoms with Crippen LogP contribution in [0.25, 0.3) is 5.69 Å². The van der Waals surface area contributed by atoms with Crippen LogP contribution in [0.4, 0.5) is 0 Å². The number of nitrogens with one attached hydrogen (secondary N) is 1. The highest BCUT2D eigenvalue weighted by atomic mass is 16.5. The molecule has 1 aromatic heterocycles. The summed E-state index contributed by atoms with van der Waals surface area (Å²) in [5.74, 6) is -0.716. The Balaban J connectivity index is 2.28. The van der Waals surface area contributed by atoms with Gasteiger partial charge in [0.25, 0.3) is 5.91 Å². The van der Waals surface area contributed by atoms with Crippen molar-refractivity contribution >= 4 is 11.9 Å². The van der Waals surface area contributed by atoms with Crippen molar-refractivity contribution in [3.05, 3.63) is 41.7 Å².